The minimum absolute atomic E-state index is 0. The van der Waals surface area contributed by atoms with Crippen molar-refractivity contribution >= 4 is 7.82 Å². The molecule has 8 heteroatoms. The lowest BCUT2D eigenvalue weighted by molar-refractivity contribution is -0.122. The number of hydrogen-bond donors (Lipinski definition) is 3. The lowest BCUT2D eigenvalue weighted by Crippen LogP contribution is -1.93. The molecule has 0 aliphatic rings. The first-order valence-electron chi connectivity index (χ1n) is 3.18. The van der Waals surface area contributed by atoms with Crippen LogP contribution >= 0.6 is 7.82 Å². The van der Waals surface area contributed by atoms with Gasteiger partial charge in [0.15, 0.2) is 5.75 Å². The summed E-state index contributed by atoms with van der Waals surface area (Å²) in [6, 6.07) is 5.34. The highest BCUT2D eigenvalue weighted by Gasteiger charge is 2.16. The van der Waals surface area contributed by atoms with Crippen LogP contribution in [0.5, 0.6) is 11.5 Å². The van der Waals surface area contributed by atoms with E-state index in [4.69, 9.17) is 14.9 Å². The third-order valence-corrected chi connectivity index (χ3v) is 1.32. The second kappa shape index (κ2) is 4.94. The van der Waals surface area contributed by atoms with Crippen molar-refractivity contribution in [3.63, 3.8) is 0 Å². The molecule has 0 bridgehead atoms. The number of phenols is 1. The molecule has 0 amide bonds. The van der Waals surface area contributed by atoms with E-state index < -0.39 is 7.82 Å². The predicted octanol–water partition coefficient (Wildman–Crippen LogP) is -0.0294. The van der Waals surface area contributed by atoms with Crippen molar-refractivity contribution in [3.8, 4) is 11.5 Å². The molecule has 0 heterocycles. The Morgan fingerprint density at radius 3 is 2.43 bits per heavy atom. The molecule has 80 valence electrons. The quantitative estimate of drug-likeness (QED) is 0.375. The summed E-state index contributed by atoms with van der Waals surface area (Å²) in [7, 11) is -4.65. The molecule has 0 spiro atoms. The highest BCUT2D eigenvalue weighted by atomic mass is 31.2. The van der Waals surface area contributed by atoms with Gasteiger partial charge in [0.05, 0.1) is 0 Å². The summed E-state index contributed by atoms with van der Waals surface area (Å²) < 4.78 is 13.9. The first kappa shape index (κ1) is 12.9. The second-order valence-electron chi connectivity index (χ2n) is 2.15. The summed E-state index contributed by atoms with van der Waals surface area (Å²) in [5, 5.41) is 8.91. The summed E-state index contributed by atoms with van der Waals surface area (Å²) >= 11 is 0. The molecule has 7 nitrogen and oxygen atoms in total. The molecule has 0 radical (unpaired) electrons. The van der Waals surface area contributed by atoms with E-state index in [2.05, 4.69) is 9.56 Å². The molecule has 0 unspecified atom stereocenters. The van der Waals surface area contributed by atoms with Crippen molar-refractivity contribution in [2.75, 3.05) is 0 Å². The molecule has 0 atom stereocenters. The Morgan fingerprint density at radius 1 is 1.29 bits per heavy atom. The molecule has 0 aromatic heterocycles. The van der Waals surface area contributed by atoms with Crippen LogP contribution in [0.15, 0.2) is 24.3 Å². The summed E-state index contributed by atoms with van der Waals surface area (Å²) in [6.45, 7) is 0. The Bertz CT molecular complexity index is 333. The predicted molar refractivity (Wildman–Crippen MR) is 45.5 cm³/mol. The normalized spacial score (nSPS) is 10.4. The van der Waals surface area contributed by atoms with E-state index in [0.29, 0.717) is 0 Å². The summed E-state index contributed by atoms with van der Waals surface area (Å²) in [5.41, 5.74) is 0. The van der Waals surface area contributed by atoms with Gasteiger partial charge in [-0.05, 0) is 12.1 Å². The van der Waals surface area contributed by atoms with Crippen LogP contribution in [0.1, 0.15) is 0 Å². The zero-order chi connectivity index (χ0) is 9.90. The molecule has 14 heavy (non-hydrogen) atoms. The minimum atomic E-state index is -4.65. The van der Waals surface area contributed by atoms with Gasteiger partial charge in [0.2, 0.25) is 0 Å². The van der Waals surface area contributed by atoms with E-state index in [1.54, 1.807) is 0 Å². The third kappa shape index (κ3) is 4.80. The summed E-state index contributed by atoms with van der Waals surface area (Å²) in [4.78, 5) is 20.7. The maximum Gasteiger partial charge on any atom is 0.505 e. The molecule has 0 saturated heterocycles. The van der Waals surface area contributed by atoms with Gasteiger partial charge in [0.25, 0.3) is 0 Å². The lowest BCUT2D eigenvalue weighted by Gasteiger charge is -2.04. The lowest BCUT2D eigenvalue weighted by atomic mass is 10.3. The van der Waals surface area contributed by atoms with Gasteiger partial charge in [-0.3, -0.25) is 0 Å². The van der Waals surface area contributed by atoms with Crippen molar-refractivity contribution in [2.45, 2.75) is 0 Å². The van der Waals surface area contributed by atoms with Crippen LogP contribution in [0.2, 0.25) is 0 Å². The number of hydrogen-bond acceptors (Lipinski definition) is 4. The molecule has 1 aromatic carbocycles. The smallest absolute Gasteiger partial charge is 0.505 e. The Kier molecular flexibility index (Phi) is 4.55. The third-order valence-electron chi connectivity index (χ3n) is 1.05. The van der Waals surface area contributed by atoms with Gasteiger partial charge in [0, 0.05) is 6.07 Å². The molecule has 5 N–H and O–H groups in total. The van der Waals surface area contributed by atoms with Gasteiger partial charge < -0.3 is 25.3 Å². The molecule has 1 rings (SSSR count). The highest BCUT2D eigenvalue weighted by molar-refractivity contribution is 7.46. The average molecular weight is 224 g/mol. The van der Waals surface area contributed by atoms with Crippen molar-refractivity contribution in [1.82, 2.24) is 0 Å². The average Bonchev–Trinajstić information content (AvgIpc) is 2.00. The summed E-state index contributed by atoms with van der Waals surface area (Å²) in [5.74, 6) is -0.0878. The minimum Gasteiger partial charge on any atom is -0.508 e. The van der Waals surface area contributed by atoms with Gasteiger partial charge in [-0.1, -0.05) is 10.7 Å². The van der Waals surface area contributed by atoms with E-state index in [1.165, 1.54) is 18.2 Å². The largest absolute Gasteiger partial charge is 0.508 e. The van der Waals surface area contributed by atoms with E-state index in [9.17, 15) is 4.57 Å². The van der Waals surface area contributed by atoms with Gasteiger partial charge in [-0.2, -0.15) is 0 Å². The Hall–Kier alpha value is -1.11. The summed E-state index contributed by atoms with van der Waals surface area (Å²) in [6.07, 6.45) is 0. The molecule has 0 aliphatic carbocycles. The van der Waals surface area contributed by atoms with Crippen molar-refractivity contribution < 1.29 is 34.5 Å². The van der Waals surface area contributed by atoms with E-state index in [-0.39, 0.29) is 17.0 Å². The maximum atomic E-state index is 10.2. The van der Waals surface area contributed by atoms with Crippen LogP contribution in [0.3, 0.4) is 0 Å². The molecular formula is C6H9O7P. The standard InChI is InChI=1S/C6H7O6P.H2O/c7-5-2-1-3-6(4-5)11-12-13(8,9)10;/h1-4,7H,(H2,8,9,10);1H2. The fourth-order valence-corrected chi connectivity index (χ4v) is 0.810. The molecule has 0 saturated carbocycles. The van der Waals surface area contributed by atoms with Crippen LogP contribution in [-0.2, 0) is 9.24 Å². The van der Waals surface area contributed by atoms with Crippen LogP contribution < -0.4 is 4.89 Å². The molecule has 1 aromatic rings. The number of aromatic hydroxyl groups is 1. The van der Waals surface area contributed by atoms with Crippen LogP contribution in [0, 0.1) is 0 Å². The monoisotopic (exact) mass is 224 g/mol. The molecule has 0 fully saturated rings. The fraction of sp³-hybridized carbons (Fsp3) is 0. The van der Waals surface area contributed by atoms with Crippen LogP contribution in [0.25, 0.3) is 0 Å². The SMILES string of the molecule is O.O=P(O)(O)OOc1cccc(O)c1. The Labute approximate surface area is 79.0 Å². The van der Waals surface area contributed by atoms with Crippen molar-refractivity contribution in [3.05, 3.63) is 24.3 Å². The van der Waals surface area contributed by atoms with Crippen molar-refractivity contribution in [2.24, 2.45) is 0 Å². The number of benzene rings is 1. The number of phenolic OH excluding ortho intramolecular Hbond substituents is 1. The molecule has 0 aliphatic heterocycles. The van der Waals surface area contributed by atoms with Gasteiger partial charge in [-0.15, -0.1) is 0 Å². The number of phosphoric acid groups is 1. The zero-order valence-electron chi connectivity index (χ0n) is 6.82. The van der Waals surface area contributed by atoms with E-state index >= 15 is 0 Å². The van der Waals surface area contributed by atoms with E-state index in [0.717, 1.165) is 6.07 Å². The van der Waals surface area contributed by atoms with Crippen LogP contribution in [0.4, 0.5) is 0 Å². The maximum absolute atomic E-state index is 10.2. The first-order valence-corrected chi connectivity index (χ1v) is 4.71. The highest BCUT2D eigenvalue weighted by Crippen LogP contribution is 2.36. The second-order valence-corrected chi connectivity index (χ2v) is 3.28. The first-order chi connectivity index (χ1) is 5.97. The van der Waals surface area contributed by atoms with Crippen LogP contribution in [-0.4, -0.2) is 20.4 Å². The van der Waals surface area contributed by atoms with Gasteiger partial charge in [-0.25, -0.2) is 4.57 Å². The zero-order valence-corrected chi connectivity index (χ0v) is 7.72. The van der Waals surface area contributed by atoms with Gasteiger partial charge in [0.1, 0.15) is 5.75 Å². The van der Waals surface area contributed by atoms with Crippen molar-refractivity contribution in [1.29, 1.82) is 0 Å². The topological polar surface area (TPSA) is 128 Å². The molecular weight excluding hydrogens is 215 g/mol. The number of rotatable bonds is 3. The van der Waals surface area contributed by atoms with E-state index in [1.807, 2.05) is 0 Å². The van der Waals surface area contributed by atoms with Gasteiger partial charge >= 0.3 is 7.82 Å². The Balaban J connectivity index is 0.00000169. The fourth-order valence-electron chi connectivity index (χ4n) is 0.627. The Morgan fingerprint density at radius 2 is 1.93 bits per heavy atom.